The molecule has 0 fully saturated rings. The SMILES string of the molecule is CN=C(NCCn1cccc1)NCc1ccccc1OCCN(C)C. The molecule has 0 radical (unpaired) electrons. The largest absolute Gasteiger partial charge is 0.492 e. The Morgan fingerprint density at radius 1 is 1.12 bits per heavy atom. The van der Waals surface area contributed by atoms with Crippen molar-refractivity contribution in [3.63, 3.8) is 0 Å². The maximum Gasteiger partial charge on any atom is 0.191 e. The Morgan fingerprint density at radius 2 is 1.88 bits per heavy atom. The maximum absolute atomic E-state index is 5.90. The molecule has 2 N–H and O–H groups in total. The molecule has 0 atom stereocenters. The Balaban J connectivity index is 1.80. The molecule has 6 heteroatoms. The summed E-state index contributed by atoms with van der Waals surface area (Å²) >= 11 is 0. The fraction of sp³-hybridized carbons (Fsp3) is 0.421. The highest BCUT2D eigenvalue weighted by Crippen LogP contribution is 2.17. The monoisotopic (exact) mass is 343 g/mol. The molecule has 0 saturated carbocycles. The number of hydrogen-bond acceptors (Lipinski definition) is 3. The second-order valence-corrected chi connectivity index (χ2v) is 6.03. The number of ether oxygens (including phenoxy) is 1. The highest BCUT2D eigenvalue weighted by molar-refractivity contribution is 5.79. The van der Waals surface area contributed by atoms with Crippen molar-refractivity contribution in [2.75, 3.05) is 40.8 Å². The van der Waals surface area contributed by atoms with Crippen LogP contribution in [0.4, 0.5) is 0 Å². The first-order valence-electron chi connectivity index (χ1n) is 8.59. The fourth-order valence-corrected chi connectivity index (χ4v) is 2.35. The molecule has 0 saturated heterocycles. The normalized spacial score (nSPS) is 11.6. The minimum Gasteiger partial charge on any atom is -0.492 e. The molecule has 0 amide bonds. The van der Waals surface area contributed by atoms with Crippen molar-refractivity contribution in [3.8, 4) is 5.75 Å². The van der Waals surface area contributed by atoms with Gasteiger partial charge in [-0.05, 0) is 32.3 Å². The Labute approximate surface area is 150 Å². The zero-order chi connectivity index (χ0) is 17.9. The summed E-state index contributed by atoms with van der Waals surface area (Å²) in [7, 11) is 5.87. The van der Waals surface area contributed by atoms with Gasteiger partial charge in [0.1, 0.15) is 12.4 Å². The van der Waals surface area contributed by atoms with E-state index in [0.717, 1.165) is 36.9 Å². The fourth-order valence-electron chi connectivity index (χ4n) is 2.35. The number of hydrogen-bond donors (Lipinski definition) is 2. The van der Waals surface area contributed by atoms with Crippen molar-refractivity contribution in [2.45, 2.75) is 13.1 Å². The molecule has 25 heavy (non-hydrogen) atoms. The number of nitrogens with one attached hydrogen (secondary N) is 2. The summed E-state index contributed by atoms with van der Waals surface area (Å²) in [6, 6.07) is 12.2. The second-order valence-electron chi connectivity index (χ2n) is 6.03. The first kappa shape index (κ1) is 18.9. The van der Waals surface area contributed by atoms with E-state index in [4.69, 9.17) is 4.74 Å². The molecular weight excluding hydrogens is 314 g/mol. The standard InChI is InChI=1S/C19H29N5O/c1-20-19(21-10-13-24-11-6-7-12-24)22-16-17-8-4-5-9-18(17)25-15-14-23(2)3/h4-9,11-12H,10,13-16H2,1-3H3,(H2,20,21,22). The van der Waals surface area contributed by atoms with E-state index in [1.807, 2.05) is 44.4 Å². The average Bonchev–Trinajstić information content (AvgIpc) is 3.12. The smallest absolute Gasteiger partial charge is 0.191 e. The first-order valence-corrected chi connectivity index (χ1v) is 8.59. The topological polar surface area (TPSA) is 53.8 Å². The Morgan fingerprint density at radius 3 is 2.60 bits per heavy atom. The first-order chi connectivity index (χ1) is 12.2. The summed E-state index contributed by atoms with van der Waals surface area (Å²) in [5.41, 5.74) is 1.12. The van der Waals surface area contributed by atoms with E-state index in [1.54, 1.807) is 7.05 Å². The summed E-state index contributed by atoms with van der Waals surface area (Å²) in [6.07, 6.45) is 4.11. The third-order valence-corrected chi connectivity index (χ3v) is 3.77. The van der Waals surface area contributed by atoms with Crippen LogP contribution in [0.15, 0.2) is 53.8 Å². The number of rotatable bonds is 9. The number of guanidine groups is 1. The molecule has 0 bridgehead atoms. The molecule has 136 valence electrons. The number of aromatic nitrogens is 1. The zero-order valence-electron chi connectivity index (χ0n) is 15.4. The summed E-state index contributed by atoms with van der Waals surface area (Å²) in [6.45, 7) is 3.95. The molecule has 0 aliphatic rings. The highest BCUT2D eigenvalue weighted by Gasteiger charge is 2.05. The highest BCUT2D eigenvalue weighted by atomic mass is 16.5. The van der Waals surface area contributed by atoms with Crippen LogP contribution >= 0.6 is 0 Å². The van der Waals surface area contributed by atoms with Crippen LogP contribution in [-0.4, -0.2) is 56.3 Å². The number of benzene rings is 1. The Hall–Kier alpha value is -2.47. The molecule has 1 heterocycles. The summed E-state index contributed by atoms with van der Waals surface area (Å²) in [4.78, 5) is 6.38. The van der Waals surface area contributed by atoms with Crippen molar-refractivity contribution in [1.29, 1.82) is 0 Å². The van der Waals surface area contributed by atoms with Crippen LogP contribution in [0.3, 0.4) is 0 Å². The Kier molecular flexibility index (Phi) is 7.85. The van der Waals surface area contributed by atoms with Gasteiger partial charge in [-0.25, -0.2) is 0 Å². The molecule has 0 unspecified atom stereocenters. The van der Waals surface area contributed by atoms with Gasteiger partial charge in [0.2, 0.25) is 0 Å². The van der Waals surface area contributed by atoms with Crippen LogP contribution in [0.2, 0.25) is 0 Å². The molecule has 6 nitrogen and oxygen atoms in total. The molecule has 2 aromatic rings. The predicted molar refractivity (Wildman–Crippen MR) is 103 cm³/mol. The van der Waals surface area contributed by atoms with Gasteiger partial charge < -0.3 is 24.8 Å². The molecule has 1 aromatic carbocycles. The van der Waals surface area contributed by atoms with E-state index in [1.165, 1.54) is 0 Å². The number of aliphatic imine (C=N–C) groups is 1. The molecule has 0 aliphatic heterocycles. The summed E-state index contributed by atoms with van der Waals surface area (Å²) in [5.74, 6) is 1.70. The summed E-state index contributed by atoms with van der Waals surface area (Å²) < 4.78 is 8.03. The zero-order valence-corrected chi connectivity index (χ0v) is 15.4. The molecule has 1 aromatic heterocycles. The van der Waals surface area contributed by atoms with E-state index >= 15 is 0 Å². The Bertz CT molecular complexity index is 637. The lowest BCUT2D eigenvalue weighted by atomic mass is 10.2. The van der Waals surface area contributed by atoms with Gasteiger partial charge in [0.15, 0.2) is 5.96 Å². The minimum absolute atomic E-state index is 0.668. The van der Waals surface area contributed by atoms with E-state index < -0.39 is 0 Å². The van der Waals surface area contributed by atoms with Crippen LogP contribution in [0.25, 0.3) is 0 Å². The van der Waals surface area contributed by atoms with Crippen LogP contribution < -0.4 is 15.4 Å². The van der Waals surface area contributed by atoms with E-state index in [9.17, 15) is 0 Å². The van der Waals surface area contributed by atoms with Crippen molar-refractivity contribution >= 4 is 5.96 Å². The van der Waals surface area contributed by atoms with Gasteiger partial charge in [0.25, 0.3) is 0 Å². The van der Waals surface area contributed by atoms with Gasteiger partial charge >= 0.3 is 0 Å². The van der Waals surface area contributed by atoms with Crippen LogP contribution in [-0.2, 0) is 13.1 Å². The van der Waals surface area contributed by atoms with Gasteiger partial charge in [0, 0.05) is 51.2 Å². The molecule has 0 aliphatic carbocycles. The molecular formula is C19H29N5O. The second kappa shape index (κ2) is 10.4. The van der Waals surface area contributed by atoms with Gasteiger partial charge in [-0.1, -0.05) is 18.2 Å². The van der Waals surface area contributed by atoms with Gasteiger partial charge in [-0.2, -0.15) is 0 Å². The van der Waals surface area contributed by atoms with Crippen molar-refractivity contribution in [1.82, 2.24) is 20.1 Å². The quantitative estimate of drug-likeness (QED) is 0.538. The van der Waals surface area contributed by atoms with Gasteiger partial charge in [-0.3, -0.25) is 4.99 Å². The lowest BCUT2D eigenvalue weighted by molar-refractivity contribution is 0.259. The van der Waals surface area contributed by atoms with Crippen molar-refractivity contribution < 1.29 is 4.74 Å². The lowest BCUT2D eigenvalue weighted by Crippen LogP contribution is -2.38. The molecule has 0 spiro atoms. The third-order valence-electron chi connectivity index (χ3n) is 3.77. The lowest BCUT2D eigenvalue weighted by Gasteiger charge is -2.16. The van der Waals surface area contributed by atoms with Crippen molar-refractivity contribution in [2.24, 2.45) is 4.99 Å². The number of nitrogens with zero attached hydrogens (tertiary/aromatic N) is 3. The predicted octanol–water partition coefficient (Wildman–Crippen LogP) is 1.79. The molecule has 2 rings (SSSR count). The van der Waals surface area contributed by atoms with Crippen molar-refractivity contribution in [3.05, 3.63) is 54.4 Å². The van der Waals surface area contributed by atoms with E-state index in [2.05, 4.69) is 43.6 Å². The van der Waals surface area contributed by atoms with Crippen LogP contribution in [0, 0.1) is 0 Å². The van der Waals surface area contributed by atoms with Crippen LogP contribution in [0.1, 0.15) is 5.56 Å². The minimum atomic E-state index is 0.668. The van der Waals surface area contributed by atoms with Crippen LogP contribution in [0.5, 0.6) is 5.75 Å². The maximum atomic E-state index is 5.90. The average molecular weight is 343 g/mol. The third kappa shape index (κ3) is 6.89. The number of para-hydroxylation sites is 1. The summed E-state index contributed by atoms with van der Waals surface area (Å²) in [5, 5.41) is 6.67. The van der Waals surface area contributed by atoms with Gasteiger partial charge in [0.05, 0.1) is 0 Å². The van der Waals surface area contributed by atoms with Gasteiger partial charge in [-0.15, -0.1) is 0 Å². The number of likely N-dealkylation sites (N-methyl/N-ethyl adjacent to an activating group) is 1. The van der Waals surface area contributed by atoms with E-state index in [-0.39, 0.29) is 0 Å². The van der Waals surface area contributed by atoms with E-state index in [0.29, 0.717) is 13.2 Å².